The first kappa shape index (κ1) is 22.5. The molecule has 2 bridgehead atoms. The standard InChI is InChI=1S/C28H31NO5/c1-5-6-10-13-28-17-19-15-22(31-3)23(32-4)16-21(19)26(34-28)25-24(33-28)14-18(2)29(27(25)30)20-11-8-7-9-12-20/h7-9,11-12,14-16,26H,5-6,10,13,17H2,1-4H3/t26?,28-/m1/s1. The van der Waals surface area contributed by atoms with Crippen molar-refractivity contribution in [1.82, 2.24) is 4.57 Å². The second kappa shape index (κ2) is 8.84. The van der Waals surface area contributed by atoms with Crippen LogP contribution in [0.25, 0.3) is 5.69 Å². The Morgan fingerprint density at radius 2 is 1.79 bits per heavy atom. The number of hydrogen-bond donors (Lipinski definition) is 0. The fourth-order valence-corrected chi connectivity index (χ4v) is 5.20. The van der Waals surface area contributed by atoms with E-state index in [0.29, 0.717) is 29.2 Å². The van der Waals surface area contributed by atoms with Gasteiger partial charge in [-0.2, -0.15) is 0 Å². The third kappa shape index (κ3) is 3.66. The van der Waals surface area contributed by atoms with Crippen LogP contribution in [0.5, 0.6) is 17.2 Å². The maximum atomic E-state index is 13.9. The number of benzene rings is 2. The number of para-hydroxylation sites is 1. The molecule has 2 aliphatic heterocycles. The van der Waals surface area contributed by atoms with E-state index in [1.807, 2.05) is 55.5 Å². The highest BCUT2D eigenvalue weighted by atomic mass is 16.7. The zero-order chi connectivity index (χ0) is 23.9. The molecule has 6 nitrogen and oxygen atoms in total. The molecular formula is C28H31NO5. The molecule has 0 aliphatic carbocycles. The van der Waals surface area contributed by atoms with Gasteiger partial charge in [0.05, 0.1) is 19.8 Å². The molecule has 2 aliphatic rings. The summed E-state index contributed by atoms with van der Waals surface area (Å²) in [5, 5.41) is 0. The van der Waals surface area contributed by atoms with Crippen molar-refractivity contribution in [2.75, 3.05) is 14.2 Å². The zero-order valence-electron chi connectivity index (χ0n) is 20.2. The predicted molar refractivity (Wildman–Crippen MR) is 130 cm³/mol. The molecule has 0 radical (unpaired) electrons. The first-order valence-corrected chi connectivity index (χ1v) is 11.9. The van der Waals surface area contributed by atoms with Crippen LogP contribution in [0.15, 0.2) is 53.3 Å². The molecule has 0 fully saturated rings. The molecule has 1 aromatic heterocycles. The Kier molecular flexibility index (Phi) is 5.86. The van der Waals surface area contributed by atoms with E-state index in [1.54, 1.807) is 18.8 Å². The van der Waals surface area contributed by atoms with Crippen LogP contribution in [0.4, 0.5) is 0 Å². The largest absolute Gasteiger partial charge is 0.493 e. The number of aromatic nitrogens is 1. The molecule has 2 aromatic carbocycles. The monoisotopic (exact) mass is 461 g/mol. The van der Waals surface area contributed by atoms with Crippen LogP contribution in [0, 0.1) is 6.92 Å². The molecule has 5 rings (SSSR count). The Hall–Kier alpha value is -3.25. The summed E-state index contributed by atoms with van der Waals surface area (Å²) < 4.78 is 26.1. The van der Waals surface area contributed by atoms with E-state index in [-0.39, 0.29) is 5.56 Å². The molecule has 34 heavy (non-hydrogen) atoms. The van der Waals surface area contributed by atoms with Crippen molar-refractivity contribution in [2.24, 2.45) is 0 Å². The molecule has 3 heterocycles. The Morgan fingerprint density at radius 1 is 1.06 bits per heavy atom. The maximum Gasteiger partial charge on any atom is 0.265 e. The van der Waals surface area contributed by atoms with Gasteiger partial charge in [-0.1, -0.05) is 38.0 Å². The molecule has 0 spiro atoms. The normalized spacial score (nSPS) is 20.2. The zero-order valence-corrected chi connectivity index (χ0v) is 20.2. The van der Waals surface area contributed by atoms with Gasteiger partial charge in [0, 0.05) is 30.3 Å². The lowest BCUT2D eigenvalue weighted by Crippen LogP contribution is -2.50. The summed E-state index contributed by atoms with van der Waals surface area (Å²) in [7, 11) is 3.25. The van der Waals surface area contributed by atoms with E-state index >= 15 is 0 Å². The number of unbranched alkanes of at least 4 members (excludes halogenated alkanes) is 2. The van der Waals surface area contributed by atoms with Crippen LogP contribution in [-0.4, -0.2) is 24.6 Å². The van der Waals surface area contributed by atoms with E-state index in [9.17, 15) is 4.79 Å². The number of fused-ring (bicyclic) bond motifs is 6. The van der Waals surface area contributed by atoms with Crippen molar-refractivity contribution in [3.8, 4) is 22.9 Å². The smallest absolute Gasteiger partial charge is 0.265 e. The van der Waals surface area contributed by atoms with E-state index in [2.05, 4.69) is 6.92 Å². The van der Waals surface area contributed by atoms with E-state index in [1.165, 1.54) is 0 Å². The molecule has 0 saturated heterocycles. The molecule has 1 unspecified atom stereocenters. The van der Waals surface area contributed by atoms with Gasteiger partial charge in [0.2, 0.25) is 5.79 Å². The van der Waals surface area contributed by atoms with Crippen molar-refractivity contribution in [1.29, 1.82) is 0 Å². The molecule has 6 heteroatoms. The summed E-state index contributed by atoms with van der Waals surface area (Å²) in [5.41, 5.74) is 4.02. The Balaban J connectivity index is 1.72. The first-order chi connectivity index (χ1) is 16.5. The van der Waals surface area contributed by atoms with Gasteiger partial charge in [-0.25, -0.2) is 0 Å². The van der Waals surface area contributed by atoms with Gasteiger partial charge >= 0.3 is 0 Å². The molecule has 0 amide bonds. The fraction of sp³-hybridized carbons (Fsp3) is 0.393. The minimum absolute atomic E-state index is 0.129. The fourth-order valence-electron chi connectivity index (χ4n) is 5.20. The second-order valence-electron chi connectivity index (χ2n) is 9.09. The lowest BCUT2D eigenvalue weighted by molar-refractivity contribution is -0.233. The van der Waals surface area contributed by atoms with Crippen LogP contribution in [-0.2, 0) is 11.2 Å². The van der Waals surface area contributed by atoms with Crippen molar-refractivity contribution >= 4 is 0 Å². The van der Waals surface area contributed by atoms with Gasteiger partial charge in [-0.05, 0) is 48.7 Å². The third-order valence-corrected chi connectivity index (χ3v) is 6.85. The summed E-state index contributed by atoms with van der Waals surface area (Å²) in [6, 6.07) is 15.6. The van der Waals surface area contributed by atoms with E-state index in [4.69, 9.17) is 18.9 Å². The number of ether oxygens (including phenoxy) is 4. The maximum absolute atomic E-state index is 13.9. The lowest BCUT2D eigenvalue weighted by Gasteiger charge is -2.46. The summed E-state index contributed by atoms with van der Waals surface area (Å²) in [6.07, 6.45) is 3.99. The van der Waals surface area contributed by atoms with Gasteiger partial charge in [0.15, 0.2) is 11.5 Å². The minimum atomic E-state index is -0.808. The van der Waals surface area contributed by atoms with Gasteiger partial charge < -0.3 is 18.9 Å². The average molecular weight is 462 g/mol. The van der Waals surface area contributed by atoms with Gasteiger partial charge in [0.25, 0.3) is 5.56 Å². The van der Waals surface area contributed by atoms with Gasteiger partial charge in [-0.3, -0.25) is 9.36 Å². The lowest BCUT2D eigenvalue weighted by atomic mass is 9.85. The van der Waals surface area contributed by atoms with Crippen LogP contribution < -0.4 is 19.8 Å². The quantitative estimate of drug-likeness (QED) is 0.435. The molecule has 3 aromatic rings. The van der Waals surface area contributed by atoms with Crippen LogP contribution >= 0.6 is 0 Å². The highest BCUT2D eigenvalue weighted by Crippen LogP contribution is 2.51. The van der Waals surface area contributed by atoms with E-state index in [0.717, 1.165) is 48.2 Å². The number of aryl methyl sites for hydroxylation is 1. The van der Waals surface area contributed by atoms with Crippen molar-refractivity contribution in [3.05, 3.63) is 81.3 Å². The molecular weight excluding hydrogens is 430 g/mol. The summed E-state index contributed by atoms with van der Waals surface area (Å²) in [6.45, 7) is 4.12. The number of methoxy groups -OCH3 is 2. The topological polar surface area (TPSA) is 58.9 Å². The Morgan fingerprint density at radius 3 is 2.50 bits per heavy atom. The number of nitrogens with zero attached hydrogens (tertiary/aromatic N) is 1. The first-order valence-electron chi connectivity index (χ1n) is 11.9. The number of hydrogen-bond acceptors (Lipinski definition) is 5. The number of rotatable bonds is 7. The molecule has 0 N–H and O–H groups in total. The van der Waals surface area contributed by atoms with Crippen LogP contribution in [0.1, 0.15) is 61.1 Å². The average Bonchev–Trinajstić information content (AvgIpc) is 2.83. The van der Waals surface area contributed by atoms with E-state index < -0.39 is 11.9 Å². The summed E-state index contributed by atoms with van der Waals surface area (Å²) in [4.78, 5) is 13.9. The second-order valence-corrected chi connectivity index (χ2v) is 9.09. The Labute approximate surface area is 200 Å². The summed E-state index contributed by atoms with van der Waals surface area (Å²) in [5.74, 6) is 1.09. The predicted octanol–water partition coefficient (Wildman–Crippen LogP) is 5.49. The van der Waals surface area contributed by atoms with Crippen molar-refractivity contribution in [3.63, 3.8) is 0 Å². The molecule has 2 atom stereocenters. The highest BCUT2D eigenvalue weighted by molar-refractivity contribution is 5.55. The molecule has 178 valence electrons. The molecule has 0 saturated carbocycles. The van der Waals surface area contributed by atoms with Gasteiger partial charge in [-0.15, -0.1) is 0 Å². The van der Waals surface area contributed by atoms with Crippen LogP contribution in [0.2, 0.25) is 0 Å². The SMILES string of the molecule is CCCCC[C@]12Cc3cc(OC)c(OC)cc3C(O1)c1c(cc(C)n(-c3ccccc3)c1=O)O2. The highest BCUT2D eigenvalue weighted by Gasteiger charge is 2.49. The third-order valence-electron chi connectivity index (χ3n) is 6.85. The van der Waals surface area contributed by atoms with Gasteiger partial charge in [0.1, 0.15) is 11.9 Å². The van der Waals surface area contributed by atoms with Crippen molar-refractivity contribution in [2.45, 2.75) is 57.8 Å². The Bertz CT molecular complexity index is 1270. The minimum Gasteiger partial charge on any atom is -0.493 e. The van der Waals surface area contributed by atoms with Crippen LogP contribution in [0.3, 0.4) is 0 Å². The number of pyridine rings is 1. The van der Waals surface area contributed by atoms with Crippen molar-refractivity contribution < 1.29 is 18.9 Å². The summed E-state index contributed by atoms with van der Waals surface area (Å²) >= 11 is 0.